The van der Waals surface area contributed by atoms with Gasteiger partial charge in [0.15, 0.2) is 11.6 Å². The fraction of sp³-hybridized carbons (Fsp3) is 0.286. The van der Waals surface area contributed by atoms with E-state index in [4.69, 9.17) is 4.74 Å². The number of ketones is 2. The fourth-order valence-corrected chi connectivity index (χ4v) is 2.92. The molecule has 2 atom stereocenters. The number of carbonyl (C=O) groups excluding carboxylic acids is 3. The second-order valence-electron chi connectivity index (χ2n) is 6.21. The first-order valence-electron chi connectivity index (χ1n) is 8.40. The molecule has 1 N–H and O–H groups in total. The Hall–Kier alpha value is -2.95. The second-order valence-corrected chi connectivity index (χ2v) is 6.21. The lowest BCUT2D eigenvalue weighted by atomic mass is 9.87. The Morgan fingerprint density at radius 3 is 2.19 bits per heavy atom. The highest BCUT2D eigenvalue weighted by molar-refractivity contribution is 5.99. The highest BCUT2D eigenvalue weighted by Crippen LogP contribution is 2.30. The van der Waals surface area contributed by atoms with E-state index >= 15 is 0 Å². The third kappa shape index (κ3) is 4.36. The van der Waals surface area contributed by atoms with Gasteiger partial charge in [-0.05, 0) is 24.6 Å². The van der Waals surface area contributed by atoms with Crippen LogP contribution in [0.5, 0.6) is 5.75 Å². The zero-order chi connectivity index (χ0) is 19.3. The lowest BCUT2D eigenvalue weighted by Crippen LogP contribution is -2.34. The maximum Gasteiger partial charge on any atom is 0.217 e. The minimum Gasteiger partial charge on any atom is -0.496 e. The van der Waals surface area contributed by atoms with E-state index in [0.717, 1.165) is 0 Å². The highest BCUT2D eigenvalue weighted by Gasteiger charge is 2.28. The zero-order valence-electron chi connectivity index (χ0n) is 15.4. The zero-order valence-corrected chi connectivity index (χ0v) is 15.4. The third-order valence-corrected chi connectivity index (χ3v) is 4.29. The largest absolute Gasteiger partial charge is 0.496 e. The van der Waals surface area contributed by atoms with Crippen molar-refractivity contribution in [1.29, 1.82) is 0 Å². The average molecular weight is 353 g/mol. The van der Waals surface area contributed by atoms with Crippen molar-refractivity contribution in [1.82, 2.24) is 5.32 Å². The second kappa shape index (κ2) is 8.43. The number of rotatable bonds is 7. The van der Waals surface area contributed by atoms with Crippen LogP contribution in [0.15, 0.2) is 48.5 Å². The van der Waals surface area contributed by atoms with Gasteiger partial charge >= 0.3 is 0 Å². The molecule has 0 aliphatic heterocycles. The van der Waals surface area contributed by atoms with Crippen LogP contribution in [0.25, 0.3) is 0 Å². The number of hydrogen-bond donors (Lipinski definition) is 1. The Balaban J connectivity index is 2.42. The minimum atomic E-state index is -0.532. The maximum atomic E-state index is 12.8. The summed E-state index contributed by atoms with van der Waals surface area (Å²) in [6.45, 7) is 4.65. The molecule has 2 rings (SSSR count). The lowest BCUT2D eigenvalue weighted by Gasteiger charge is -2.25. The standard InChI is InChI=1S/C21H23NO4/c1-13(21(25)16-8-6-5-7-9-16)20(22-15(3)24)17-10-11-18(14(2)23)19(12-17)26-4/h5-13,20H,1-4H3,(H,22,24). The molecule has 0 fully saturated rings. The van der Waals surface area contributed by atoms with Gasteiger partial charge in [0, 0.05) is 18.4 Å². The summed E-state index contributed by atoms with van der Waals surface area (Å²) in [5.74, 6) is -0.493. The monoisotopic (exact) mass is 353 g/mol. The van der Waals surface area contributed by atoms with Crippen LogP contribution >= 0.6 is 0 Å². The van der Waals surface area contributed by atoms with Crippen LogP contribution in [0, 0.1) is 5.92 Å². The van der Waals surface area contributed by atoms with Crippen molar-refractivity contribution in [2.45, 2.75) is 26.8 Å². The maximum absolute atomic E-state index is 12.8. The molecule has 0 spiro atoms. The van der Waals surface area contributed by atoms with Crippen LogP contribution in [-0.2, 0) is 4.79 Å². The molecule has 2 unspecified atom stereocenters. The summed E-state index contributed by atoms with van der Waals surface area (Å²) in [6.07, 6.45) is 0. The summed E-state index contributed by atoms with van der Waals surface area (Å²) < 4.78 is 5.31. The van der Waals surface area contributed by atoms with Gasteiger partial charge in [0.2, 0.25) is 5.91 Å². The van der Waals surface area contributed by atoms with Crippen molar-refractivity contribution in [3.05, 3.63) is 65.2 Å². The van der Waals surface area contributed by atoms with Crippen molar-refractivity contribution in [2.24, 2.45) is 5.92 Å². The van der Waals surface area contributed by atoms with Gasteiger partial charge < -0.3 is 10.1 Å². The van der Waals surface area contributed by atoms with Crippen molar-refractivity contribution >= 4 is 17.5 Å². The van der Waals surface area contributed by atoms with Crippen LogP contribution < -0.4 is 10.1 Å². The van der Waals surface area contributed by atoms with E-state index in [1.54, 1.807) is 49.4 Å². The van der Waals surface area contributed by atoms with Gasteiger partial charge in [-0.25, -0.2) is 0 Å². The van der Waals surface area contributed by atoms with E-state index in [9.17, 15) is 14.4 Å². The number of methoxy groups -OCH3 is 1. The number of carbonyl (C=O) groups is 3. The first-order chi connectivity index (χ1) is 12.3. The number of amides is 1. The normalized spacial score (nSPS) is 12.8. The van der Waals surface area contributed by atoms with Crippen molar-refractivity contribution in [2.75, 3.05) is 7.11 Å². The molecule has 0 aromatic heterocycles. The van der Waals surface area contributed by atoms with Crippen LogP contribution in [-0.4, -0.2) is 24.6 Å². The summed E-state index contributed by atoms with van der Waals surface area (Å²) >= 11 is 0. The quantitative estimate of drug-likeness (QED) is 0.772. The molecular formula is C21H23NO4. The van der Waals surface area contributed by atoms with E-state index < -0.39 is 12.0 Å². The van der Waals surface area contributed by atoms with Crippen molar-refractivity contribution in [3.8, 4) is 5.75 Å². The van der Waals surface area contributed by atoms with E-state index in [1.165, 1.54) is 21.0 Å². The Bertz CT molecular complexity index is 814. The molecule has 1 amide bonds. The minimum absolute atomic E-state index is 0.0704. The van der Waals surface area contributed by atoms with Crippen molar-refractivity contribution in [3.63, 3.8) is 0 Å². The molecule has 0 saturated carbocycles. The average Bonchev–Trinajstić information content (AvgIpc) is 2.64. The van der Waals surface area contributed by atoms with Crippen LogP contribution in [0.1, 0.15) is 53.1 Å². The predicted octanol–water partition coefficient (Wildman–Crippen LogP) is 3.59. The molecule has 136 valence electrons. The van der Waals surface area contributed by atoms with Crippen LogP contribution in [0.4, 0.5) is 0 Å². The van der Waals surface area contributed by atoms with Crippen LogP contribution in [0.3, 0.4) is 0 Å². The van der Waals surface area contributed by atoms with Gasteiger partial charge in [-0.3, -0.25) is 14.4 Å². The van der Waals surface area contributed by atoms with Gasteiger partial charge in [0.05, 0.1) is 18.7 Å². The summed E-state index contributed by atoms with van der Waals surface area (Å²) in [5, 5.41) is 2.85. The van der Waals surface area contributed by atoms with Gasteiger partial charge in [-0.2, -0.15) is 0 Å². The summed E-state index contributed by atoms with van der Waals surface area (Å²) in [4.78, 5) is 36.3. The summed E-state index contributed by atoms with van der Waals surface area (Å²) in [7, 11) is 1.48. The summed E-state index contributed by atoms with van der Waals surface area (Å²) in [5.41, 5.74) is 1.75. The molecule has 0 radical (unpaired) electrons. The number of hydrogen-bond acceptors (Lipinski definition) is 4. The molecule has 0 saturated heterocycles. The molecular weight excluding hydrogens is 330 g/mol. The number of ether oxygens (including phenoxy) is 1. The Morgan fingerprint density at radius 1 is 1.00 bits per heavy atom. The van der Waals surface area contributed by atoms with E-state index in [0.29, 0.717) is 22.4 Å². The lowest BCUT2D eigenvalue weighted by molar-refractivity contribution is -0.119. The van der Waals surface area contributed by atoms with Crippen LogP contribution in [0.2, 0.25) is 0 Å². The summed E-state index contributed by atoms with van der Waals surface area (Å²) in [6, 6.07) is 13.5. The Labute approximate surface area is 153 Å². The molecule has 0 aliphatic rings. The number of nitrogens with one attached hydrogen (secondary N) is 1. The molecule has 26 heavy (non-hydrogen) atoms. The molecule has 5 heteroatoms. The van der Waals surface area contributed by atoms with E-state index in [-0.39, 0.29) is 17.5 Å². The number of Topliss-reactive ketones (excluding diaryl/α,β-unsaturated/α-hetero) is 2. The predicted molar refractivity (Wildman–Crippen MR) is 99.5 cm³/mol. The molecule has 2 aromatic rings. The SMILES string of the molecule is COc1cc(C(NC(C)=O)C(C)C(=O)c2ccccc2)ccc1C(C)=O. The van der Waals surface area contributed by atoms with Gasteiger partial charge in [-0.15, -0.1) is 0 Å². The number of benzene rings is 2. The fourth-order valence-electron chi connectivity index (χ4n) is 2.92. The van der Waals surface area contributed by atoms with Gasteiger partial charge in [-0.1, -0.05) is 43.3 Å². The molecule has 0 aliphatic carbocycles. The molecule has 0 heterocycles. The first-order valence-corrected chi connectivity index (χ1v) is 8.40. The van der Waals surface area contributed by atoms with E-state index in [1.807, 2.05) is 6.07 Å². The van der Waals surface area contributed by atoms with E-state index in [2.05, 4.69) is 5.32 Å². The third-order valence-electron chi connectivity index (χ3n) is 4.29. The molecule has 2 aromatic carbocycles. The first kappa shape index (κ1) is 19.4. The molecule has 0 bridgehead atoms. The topological polar surface area (TPSA) is 72.5 Å². The van der Waals surface area contributed by atoms with Gasteiger partial charge in [0.25, 0.3) is 0 Å². The van der Waals surface area contributed by atoms with Crippen molar-refractivity contribution < 1.29 is 19.1 Å². The smallest absolute Gasteiger partial charge is 0.217 e. The Kier molecular flexibility index (Phi) is 6.28. The Morgan fingerprint density at radius 2 is 1.65 bits per heavy atom. The van der Waals surface area contributed by atoms with Gasteiger partial charge in [0.1, 0.15) is 5.75 Å². The molecule has 5 nitrogen and oxygen atoms in total. The highest BCUT2D eigenvalue weighted by atomic mass is 16.5.